The highest BCUT2D eigenvalue weighted by Gasteiger charge is 2.50. The van der Waals surface area contributed by atoms with Gasteiger partial charge in [0.2, 0.25) is 6.10 Å². The molecular weight excluding hydrogens is 452 g/mol. The number of Topliss-reactive ketones (excluding diaryl/α,β-unsaturated/α-hetero) is 1. The molecule has 0 amide bonds. The van der Waals surface area contributed by atoms with E-state index in [1.165, 1.54) is 36.4 Å². The molecule has 0 spiro atoms. The quantitative estimate of drug-likeness (QED) is 0.428. The number of ketones is 1. The summed E-state index contributed by atoms with van der Waals surface area (Å²) in [6.45, 7) is 0. The molecule has 3 aromatic carbocycles. The molecule has 4 atom stereocenters. The predicted octanol–water partition coefficient (Wildman–Crippen LogP) is 3.00. The Labute approximate surface area is 201 Å². The van der Waals surface area contributed by atoms with Gasteiger partial charge in [0.05, 0.1) is 16.7 Å². The lowest BCUT2D eigenvalue weighted by molar-refractivity contribution is -0.165. The second kappa shape index (κ2) is 10.8. The molecule has 8 nitrogen and oxygen atoms in total. The third kappa shape index (κ3) is 5.62. The van der Waals surface area contributed by atoms with Crippen molar-refractivity contribution in [2.24, 2.45) is 0 Å². The van der Waals surface area contributed by atoms with Crippen molar-refractivity contribution >= 4 is 23.7 Å². The van der Waals surface area contributed by atoms with Crippen molar-refractivity contribution in [2.45, 2.75) is 30.8 Å². The fraction of sp³-hybridized carbons (Fsp3) is 0.185. The molecule has 1 aliphatic carbocycles. The first kappa shape index (κ1) is 23.8. The Morgan fingerprint density at radius 3 is 1.40 bits per heavy atom. The third-order valence-corrected chi connectivity index (χ3v) is 5.48. The number of aliphatic hydroxyl groups excluding tert-OH is 1. The van der Waals surface area contributed by atoms with Crippen LogP contribution in [-0.2, 0) is 19.0 Å². The van der Waals surface area contributed by atoms with Gasteiger partial charge in [0.1, 0.15) is 6.10 Å². The van der Waals surface area contributed by atoms with Crippen LogP contribution >= 0.6 is 0 Å². The van der Waals surface area contributed by atoms with Gasteiger partial charge in [0.15, 0.2) is 18.0 Å². The molecule has 0 radical (unpaired) electrons. The second-order valence-corrected chi connectivity index (χ2v) is 7.90. The second-order valence-electron chi connectivity index (χ2n) is 7.90. The number of carbonyl (C=O) groups excluding carboxylic acids is 4. The maximum atomic E-state index is 12.8. The molecule has 1 fully saturated rings. The van der Waals surface area contributed by atoms with Crippen molar-refractivity contribution in [3.05, 3.63) is 108 Å². The summed E-state index contributed by atoms with van der Waals surface area (Å²) >= 11 is 0. The first-order valence-corrected chi connectivity index (χ1v) is 10.9. The third-order valence-electron chi connectivity index (χ3n) is 5.48. The van der Waals surface area contributed by atoms with Gasteiger partial charge in [-0.3, -0.25) is 4.79 Å². The fourth-order valence-electron chi connectivity index (χ4n) is 3.71. The molecule has 0 aromatic heterocycles. The maximum absolute atomic E-state index is 12.8. The Kier molecular flexibility index (Phi) is 7.32. The van der Waals surface area contributed by atoms with Crippen molar-refractivity contribution in [3.63, 3.8) is 0 Å². The molecule has 0 aliphatic heterocycles. The summed E-state index contributed by atoms with van der Waals surface area (Å²) in [5, 5.41) is 10.6. The minimum atomic E-state index is -1.59. The van der Waals surface area contributed by atoms with Crippen LogP contribution in [0.5, 0.6) is 0 Å². The van der Waals surface area contributed by atoms with Gasteiger partial charge in [0, 0.05) is 6.42 Å². The highest BCUT2D eigenvalue weighted by atomic mass is 16.6. The molecule has 0 saturated heterocycles. The Morgan fingerprint density at radius 2 is 0.971 bits per heavy atom. The summed E-state index contributed by atoms with van der Waals surface area (Å²) in [6, 6.07) is 23.9. The molecule has 35 heavy (non-hydrogen) atoms. The van der Waals surface area contributed by atoms with E-state index in [2.05, 4.69) is 0 Å². The highest BCUT2D eigenvalue weighted by molar-refractivity contribution is 5.95. The molecule has 1 saturated carbocycles. The van der Waals surface area contributed by atoms with Gasteiger partial charge >= 0.3 is 17.9 Å². The summed E-state index contributed by atoms with van der Waals surface area (Å²) < 4.78 is 16.5. The van der Waals surface area contributed by atoms with Crippen LogP contribution in [0.4, 0.5) is 0 Å². The minimum absolute atomic E-state index is 0.168. The largest absolute Gasteiger partial charge is 0.452 e. The Bertz CT molecular complexity index is 1190. The zero-order valence-corrected chi connectivity index (χ0v) is 18.5. The minimum Gasteiger partial charge on any atom is -0.452 e. The zero-order valence-electron chi connectivity index (χ0n) is 18.5. The van der Waals surface area contributed by atoms with Crippen LogP contribution in [0, 0.1) is 0 Å². The number of hydrogen-bond acceptors (Lipinski definition) is 8. The number of rotatable bonds is 6. The standard InChI is InChI=1S/C27H22O8/c28-20-16-21(29)23(34-26(31)18-12-6-2-7-13-18)24(35-27(32)19-14-8-3-9-15-19)22(20)33-25(30)17-10-4-1-5-11-17/h1-15,20,22-24,28H,16H2/t20-,22-,23-,24+/m0/s1. The monoisotopic (exact) mass is 474 g/mol. The van der Waals surface area contributed by atoms with Crippen molar-refractivity contribution in [2.75, 3.05) is 0 Å². The number of benzene rings is 3. The van der Waals surface area contributed by atoms with E-state index in [0.29, 0.717) is 0 Å². The molecule has 178 valence electrons. The molecule has 0 bridgehead atoms. The fourth-order valence-corrected chi connectivity index (χ4v) is 3.71. The Hall–Kier alpha value is -4.30. The van der Waals surface area contributed by atoms with Crippen LogP contribution in [0.1, 0.15) is 37.5 Å². The summed E-state index contributed by atoms with van der Waals surface area (Å²) in [5.74, 6) is -3.12. The molecule has 4 rings (SSSR count). The van der Waals surface area contributed by atoms with Crippen LogP contribution in [0.15, 0.2) is 91.0 Å². The predicted molar refractivity (Wildman–Crippen MR) is 123 cm³/mol. The smallest absolute Gasteiger partial charge is 0.338 e. The average molecular weight is 474 g/mol. The number of aliphatic hydroxyl groups is 1. The summed E-state index contributed by atoms with van der Waals surface area (Å²) in [4.78, 5) is 51.1. The number of carbonyl (C=O) groups is 4. The van der Waals surface area contributed by atoms with Crippen LogP contribution < -0.4 is 0 Å². The van der Waals surface area contributed by atoms with Crippen molar-refractivity contribution in [1.82, 2.24) is 0 Å². The number of ether oxygens (including phenoxy) is 3. The Balaban J connectivity index is 1.64. The van der Waals surface area contributed by atoms with Crippen LogP contribution in [0.2, 0.25) is 0 Å². The number of esters is 3. The van der Waals surface area contributed by atoms with Crippen molar-refractivity contribution in [3.8, 4) is 0 Å². The van der Waals surface area contributed by atoms with Crippen molar-refractivity contribution < 1.29 is 38.5 Å². The lowest BCUT2D eigenvalue weighted by atomic mass is 9.87. The average Bonchev–Trinajstić information content (AvgIpc) is 2.89. The molecule has 8 heteroatoms. The van der Waals surface area contributed by atoms with Gasteiger partial charge in [-0.05, 0) is 36.4 Å². The summed E-state index contributed by atoms with van der Waals surface area (Å²) in [7, 11) is 0. The zero-order chi connectivity index (χ0) is 24.8. The molecule has 3 aromatic rings. The van der Waals surface area contributed by atoms with Crippen molar-refractivity contribution in [1.29, 1.82) is 0 Å². The molecule has 1 aliphatic rings. The normalized spacial score (nSPS) is 21.6. The summed E-state index contributed by atoms with van der Waals surface area (Å²) in [5.41, 5.74) is 0.543. The van der Waals surface area contributed by atoms with E-state index in [9.17, 15) is 24.3 Å². The SMILES string of the molecule is O=C(O[C@@H]1[C@@H](OC(=O)c2ccccc2)[C@@H](OC(=O)c2ccccc2)C(=O)C[C@@H]1O)c1ccccc1. The first-order valence-electron chi connectivity index (χ1n) is 10.9. The van der Waals surface area contributed by atoms with E-state index in [1.807, 2.05) is 0 Å². The van der Waals surface area contributed by atoms with Crippen LogP contribution in [0.3, 0.4) is 0 Å². The van der Waals surface area contributed by atoms with E-state index in [-0.39, 0.29) is 16.7 Å². The Morgan fingerprint density at radius 1 is 0.600 bits per heavy atom. The molecular formula is C27H22O8. The maximum Gasteiger partial charge on any atom is 0.338 e. The summed E-state index contributed by atoms with van der Waals surface area (Å²) in [6.07, 6.45) is -6.55. The van der Waals surface area contributed by atoms with Crippen LogP contribution in [-0.4, -0.2) is 53.2 Å². The highest BCUT2D eigenvalue weighted by Crippen LogP contribution is 2.28. The molecule has 1 N–H and O–H groups in total. The lowest BCUT2D eigenvalue weighted by Gasteiger charge is -2.38. The van der Waals surface area contributed by atoms with E-state index < -0.39 is 54.5 Å². The molecule has 0 heterocycles. The van der Waals surface area contributed by atoms with Gasteiger partial charge in [-0.2, -0.15) is 0 Å². The van der Waals surface area contributed by atoms with Gasteiger partial charge in [-0.1, -0.05) is 54.6 Å². The van der Waals surface area contributed by atoms with Gasteiger partial charge in [-0.25, -0.2) is 14.4 Å². The van der Waals surface area contributed by atoms with E-state index in [1.54, 1.807) is 54.6 Å². The van der Waals surface area contributed by atoms with Crippen LogP contribution in [0.25, 0.3) is 0 Å². The topological polar surface area (TPSA) is 116 Å². The van der Waals surface area contributed by atoms with Gasteiger partial charge in [0.25, 0.3) is 0 Å². The van der Waals surface area contributed by atoms with Gasteiger partial charge in [-0.15, -0.1) is 0 Å². The van der Waals surface area contributed by atoms with E-state index >= 15 is 0 Å². The van der Waals surface area contributed by atoms with E-state index in [4.69, 9.17) is 14.2 Å². The van der Waals surface area contributed by atoms with Gasteiger partial charge < -0.3 is 19.3 Å². The first-order chi connectivity index (χ1) is 16.9. The number of hydrogen-bond donors (Lipinski definition) is 1. The molecule has 0 unspecified atom stereocenters. The lowest BCUT2D eigenvalue weighted by Crippen LogP contribution is -2.58. The van der Waals surface area contributed by atoms with E-state index in [0.717, 1.165) is 0 Å².